The number of rotatable bonds is 8. The van der Waals surface area contributed by atoms with E-state index < -0.39 is 0 Å². The van der Waals surface area contributed by atoms with Crippen LogP contribution >= 0.6 is 0 Å². The summed E-state index contributed by atoms with van der Waals surface area (Å²) in [5.41, 5.74) is 2.77. The first-order chi connectivity index (χ1) is 9.83. The van der Waals surface area contributed by atoms with Crippen LogP contribution in [0.25, 0.3) is 0 Å². The monoisotopic (exact) mass is 272 g/mol. The number of hydrogen-bond acceptors (Lipinski definition) is 3. The Morgan fingerprint density at radius 3 is 2.45 bits per heavy atom. The van der Waals surface area contributed by atoms with Crippen molar-refractivity contribution in [1.29, 1.82) is 0 Å². The van der Waals surface area contributed by atoms with E-state index in [0.29, 0.717) is 0 Å². The van der Waals surface area contributed by atoms with E-state index in [-0.39, 0.29) is 0 Å². The topological polar surface area (TPSA) is 28.4 Å². The summed E-state index contributed by atoms with van der Waals surface area (Å²) < 4.78 is 5.44. The molecule has 1 aromatic carbocycles. The fraction of sp³-hybridized carbons (Fsp3) is 0.412. The minimum Gasteiger partial charge on any atom is -0.468 e. The molecule has 1 aromatic heterocycles. The lowest BCUT2D eigenvalue weighted by molar-refractivity contribution is 0.247. The molecule has 3 heteroatoms. The Balaban J connectivity index is 2.03. The Morgan fingerprint density at radius 1 is 1.00 bits per heavy atom. The Kier molecular flexibility index (Phi) is 5.84. The minimum atomic E-state index is 0.860. The third-order valence-electron chi connectivity index (χ3n) is 3.48. The van der Waals surface area contributed by atoms with Crippen LogP contribution in [0.15, 0.2) is 47.1 Å². The molecule has 0 saturated heterocycles. The van der Waals surface area contributed by atoms with Gasteiger partial charge in [-0.3, -0.25) is 4.90 Å². The van der Waals surface area contributed by atoms with Crippen LogP contribution in [0.3, 0.4) is 0 Å². The lowest BCUT2D eigenvalue weighted by Crippen LogP contribution is -2.23. The van der Waals surface area contributed by atoms with Gasteiger partial charge in [0.25, 0.3) is 0 Å². The first kappa shape index (κ1) is 14.8. The third kappa shape index (κ3) is 4.22. The Hall–Kier alpha value is -1.58. The van der Waals surface area contributed by atoms with Crippen LogP contribution in [-0.2, 0) is 19.6 Å². The van der Waals surface area contributed by atoms with Gasteiger partial charge >= 0.3 is 0 Å². The van der Waals surface area contributed by atoms with Crippen LogP contribution < -0.4 is 5.32 Å². The van der Waals surface area contributed by atoms with Crippen LogP contribution in [0.5, 0.6) is 0 Å². The van der Waals surface area contributed by atoms with Gasteiger partial charge in [-0.25, -0.2) is 0 Å². The van der Waals surface area contributed by atoms with Gasteiger partial charge in [-0.05, 0) is 36.3 Å². The van der Waals surface area contributed by atoms with Crippen LogP contribution in [0.4, 0.5) is 0 Å². The van der Waals surface area contributed by atoms with Crippen molar-refractivity contribution >= 4 is 0 Å². The molecular formula is C17H24N2O. The fourth-order valence-corrected chi connectivity index (χ4v) is 2.29. The summed E-state index contributed by atoms with van der Waals surface area (Å²) in [6, 6.07) is 12.6. The van der Waals surface area contributed by atoms with Crippen LogP contribution in [0.1, 0.15) is 30.7 Å². The second kappa shape index (κ2) is 7.88. The molecule has 0 aliphatic rings. The van der Waals surface area contributed by atoms with Gasteiger partial charge in [0, 0.05) is 13.1 Å². The fourth-order valence-electron chi connectivity index (χ4n) is 2.29. The quantitative estimate of drug-likeness (QED) is 0.798. The number of furan rings is 1. The van der Waals surface area contributed by atoms with Gasteiger partial charge in [0.2, 0.25) is 0 Å². The standard InChI is InChI=1S/C17H24N2O/c1-3-18-12-15-8-5-6-9-16(15)13-19(4-2)14-17-10-7-11-20-17/h5-11,18H,3-4,12-14H2,1-2H3. The summed E-state index contributed by atoms with van der Waals surface area (Å²) in [6.45, 7) is 9.09. The van der Waals surface area contributed by atoms with Gasteiger partial charge in [0.1, 0.15) is 5.76 Å². The Morgan fingerprint density at radius 2 is 1.80 bits per heavy atom. The Bertz CT molecular complexity index is 493. The van der Waals surface area contributed by atoms with Gasteiger partial charge in [0.15, 0.2) is 0 Å². The van der Waals surface area contributed by atoms with E-state index in [1.54, 1.807) is 6.26 Å². The van der Waals surface area contributed by atoms with Gasteiger partial charge in [0.05, 0.1) is 12.8 Å². The first-order valence-corrected chi connectivity index (χ1v) is 7.35. The van der Waals surface area contributed by atoms with Crippen molar-refractivity contribution in [1.82, 2.24) is 10.2 Å². The van der Waals surface area contributed by atoms with Crippen molar-refractivity contribution in [3.05, 3.63) is 59.5 Å². The maximum atomic E-state index is 5.44. The normalized spacial score (nSPS) is 11.2. The molecule has 1 heterocycles. The average molecular weight is 272 g/mol. The van der Waals surface area contributed by atoms with Crippen LogP contribution in [-0.4, -0.2) is 18.0 Å². The molecule has 1 N–H and O–H groups in total. The van der Waals surface area contributed by atoms with Crippen molar-refractivity contribution < 1.29 is 4.42 Å². The summed E-state index contributed by atoms with van der Waals surface area (Å²) in [5.74, 6) is 1.02. The van der Waals surface area contributed by atoms with Crippen molar-refractivity contribution in [2.24, 2.45) is 0 Å². The first-order valence-electron chi connectivity index (χ1n) is 7.35. The van der Waals surface area contributed by atoms with Crippen LogP contribution in [0, 0.1) is 0 Å². The van der Waals surface area contributed by atoms with Crippen LogP contribution in [0.2, 0.25) is 0 Å². The van der Waals surface area contributed by atoms with Gasteiger partial charge < -0.3 is 9.73 Å². The van der Waals surface area contributed by atoms with Crippen molar-refractivity contribution in [2.75, 3.05) is 13.1 Å². The predicted molar refractivity (Wildman–Crippen MR) is 82.3 cm³/mol. The molecule has 0 unspecified atom stereocenters. The minimum absolute atomic E-state index is 0.860. The lowest BCUT2D eigenvalue weighted by atomic mass is 10.1. The van der Waals surface area contributed by atoms with E-state index in [1.165, 1.54) is 11.1 Å². The van der Waals surface area contributed by atoms with E-state index in [0.717, 1.165) is 38.5 Å². The summed E-state index contributed by atoms with van der Waals surface area (Å²) in [5, 5.41) is 3.40. The molecule has 0 radical (unpaired) electrons. The molecule has 0 aliphatic carbocycles. The number of hydrogen-bond donors (Lipinski definition) is 1. The van der Waals surface area contributed by atoms with E-state index in [2.05, 4.69) is 48.3 Å². The second-order valence-electron chi connectivity index (χ2n) is 4.93. The molecule has 0 atom stereocenters. The zero-order valence-corrected chi connectivity index (χ0v) is 12.4. The Labute approximate surface area is 121 Å². The molecular weight excluding hydrogens is 248 g/mol. The molecule has 2 rings (SSSR count). The van der Waals surface area contributed by atoms with Crippen molar-refractivity contribution in [2.45, 2.75) is 33.5 Å². The molecule has 3 nitrogen and oxygen atoms in total. The predicted octanol–water partition coefficient (Wildman–Crippen LogP) is 3.41. The summed E-state index contributed by atoms with van der Waals surface area (Å²) in [4.78, 5) is 2.39. The smallest absolute Gasteiger partial charge is 0.117 e. The highest BCUT2D eigenvalue weighted by Gasteiger charge is 2.09. The lowest BCUT2D eigenvalue weighted by Gasteiger charge is -2.21. The molecule has 0 aliphatic heterocycles. The zero-order chi connectivity index (χ0) is 14.2. The highest BCUT2D eigenvalue weighted by Crippen LogP contribution is 2.14. The maximum Gasteiger partial charge on any atom is 0.117 e. The zero-order valence-electron chi connectivity index (χ0n) is 12.4. The molecule has 0 fully saturated rings. The number of nitrogens with one attached hydrogen (secondary N) is 1. The van der Waals surface area contributed by atoms with E-state index in [9.17, 15) is 0 Å². The second-order valence-corrected chi connectivity index (χ2v) is 4.93. The highest BCUT2D eigenvalue weighted by atomic mass is 16.3. The van der Waals surface area contributed by atoms with E-state index >= 15 is 0 Å². The maximum absolute atomic E-state index is 5.44. The van der Waals surface area contributed by atoms with E-state index in [4.69, 9.17) is 4.42 Å². The molecule has 0 saturated carbocycles. The van der Waals surface area contributed by atoms with E-state index in [1.807, 2.05) is 12.1 Å². The third-order valence-corrected chi connectivity index (χ3v) is 3.48. The molecule has 0 amide bonds. The van der Waals surface area contributed by atoms with Gasteiger partial charge in [-0.2, -0.15) is 0 Å². The highest BCUT2D eigenvalue weighted by molar-refractivity contribution is 5.27. The molecule has 20 heavy (non-hydrogen) atoms. The molecule has 2 aromatic rings. The van der Waals surface area contributed by atoms with Gasteiger partial charge in [-0.15, -0.1) is 0 Å². The largest absolute Gasteiger partial charge is 0.468 e. The SMILES string of the molecule is CCNCc1ccccc1CN(CC)Cc1ccco1. The number of benzene rings is 1. The summed E-state index contributed by atoms with van der Waals surface area (Å²) in [6.07, 6.45) is 1.74. The van der Waals surface area contributed by atoms with Gasteiger partial charge in [-0.1, -0.05) is 38.1 Å². The van der Waals surface area contributed by atoms with Crippen molar-refractivity contribution in [3.8, 4) is 0 Å². The molecule has 108 valence electrons. The van der Waals surface area contributed by atoms with Crippen molar-refractivity contribution in [3.63, 3.8) is 0 Å². The number of nitrogens with zero attached hydrogens (tertiary/aromatic N) is 1. The summed E-state index contributed by atoms with van der Waals surface area (Å²) in [7, 11) is 0. The average Bonchev–Trinajstić information content (AvgIpc) is 2.98. The summed E-state index contributed by atoms with van der Waals surface area (Å²) >= 11 is 0. The molecule has 0 spiro atoms. The molecule has 0 bridgehead atoms.